The molecule has 10 heteroatoms. The molecule has 0 spiro atoms. The van der Waals surface area contributed by atoms with E-state index in [-0.39, 0.29) is 24.1 Å². The molecule has 24 heavy (non-hydrogen) atoms. The average molecular weight is 367 g/mol. The minimum Gasteiger partial charge on any atom is -0.466 e. The Bertz CT molecular complexity index is 726. The molecule has 0 saturated heterocycles. The number of hydrogen-bond donors (Lipinski definition) is 1. The number of thioether (sulfide) groups is 1. The van der Waals surface area contributed by atoms with E-state index in [2.05, 4.69) is 20.5 Å². The predicted molar refractivity (Wildman–Crippen MR) is 90.1 cm³/mol. The van der Waals surface area contributed by atoms with E-state index in [0.29, 0.717) is 23.5 Å². The van der Waals surface area contributed by atoms with Crippen molar-refractivity contribution in [2.24, 2.45) is 0 Å². The van der Waals surface area contributed by atoms with Crippen LogP contribution in [0.2, 0.25) is 0 Å². The summed E-state index contributed by atoms with van der Waals surface area (Å²) in [6, 6.07) is 0.481. The van der Waals surface area contributed by atoms with Gasteiger partial charge in [-0.25, -0.2) is 4.98 Å². The molecule has 128 valence electrons. The largest absolute Gasteiger partial charge is 0.466 e. The van der Waals surface area contributed by atoms with Crippen LogP contribution in [0.3, 0.4) is 0 Å². The van der Waals surface area contributed by atoms with Crippen molar-refractivity contribution in [3.8, 4) is 0 Å². The first-order valence-corrected chi connectivity index (χ1v) is 9.44. The molecule has 1 amide bonds. The summed E-state index contributed by atoms with van der Waals surface area (Å²) >= 11 is 2.64. The Morgan fingerprint density at radius 2 is 2.33 bits per heavy atom. The number of rotatable bonds is 8. The number of esters is 1. The zero-order valence-electron chi connectivity index (χ0n) is 13.1. The summed E-state index contributed by atoms with van der Waals surface area (Å²) in [6.07, 6.45) is 4.10. The lowest BCUT2D eigenvalue weighted by atomic mass is 10.3. The van der Waals surface area contributed by atoms with Crippen molar-refractivity contribution < 1.29 is 14.3 Å². The maximum atomic E-state index is 12.0. The van der Waals surface area contributed by atoms with Crippen molar-refractivity contribution >= 4 is 40.1 Å². The van der Waals surface area contributed by atoms with E-state index in [1.54, 1.807) is 18.6 Å². The van der Waals surface area contributed by atoms with Crippen molar-refractivity contribution in [3.63, 3.8) is 0 Å². The molecule has 3 rings (SSSR count). The number of hydrogen-bond acceptors (Lipinski definition) is 8. The molecule has 2 aromatic rings. The predicted octanol–water partition coefficient (Wildman–Crippen LogP) is 1.91. The van der Waals surface area contributed by atoms with Crippen LogP contribution in [0.4, 0.5) is 5.13 Å². The molecule has 1 N–H and O–H groups in total. The van der Waals surface area contributed by atoms with E-state index in [9.17, 15) is 9.59 Å². The second kappa shape index (κ2) is 7.75. The van der Waals surface area contributed by atoms with Gasteiger partial charge in [0.1, 0.15) is 6.33 Å². The number of thiazole rings is 1. The second-order valence-electron chi connectivity index (χ2n) is 5.21. The first kappa shape index (κ1) is 16.9. The fourth-order valence-electron chi connectivity index (χ4n) is 2.03. The van der Waals surface area contributed by atoms with Crippen LogP contribution in [0.25, 0.3) is 0 Å². The van der Waals surface area contributed by atoms with E-state index in [1.807, 2.05) is 4.57 Å². The average Bonchev–Trinajstić information content (AvgIpc) is 3.12. The summed E-state index contributed by atoms with van der Waals surface area (Å²) in [5.41, 5.74) is 0.592. The number of carbonyl (C=O) groups excluding carboxylic acids is 2. The Balaban J connectivity index is 1.47. The highest BCUT2D eigenvalue weighted by atomic mass is 32.2. The molecular formula is C14H17N5O3S2. The number of ether oxygens (including phenoxy) is 1. The summed E-state index contributed by atoms with van der Waals surface area (Å²) in [7, 11) is 0. The lowest BCUT2D eigenvalue weighted by Gasteiger charge is -2.04. The minimum absolute atomic E-state index is 0.111. The first-order chi connectivity index (χ1) is 11.7. The molecular weight excluding hydrogens is 350 g/mol. The molecule has 2 aromatic heterocycles. The molecule has 0 aromatic carbocycles. The van der Waals surface area contributed by atoms with Crippen molar-refractivity contribution in [1.29, 1.82) is 0 Å². The minimum atomic E-state index is -0.323. The van der Waals surface area contributed by atoms with Gasteiger partial charge in [-0.15, -0.1) is 21.5 Å². The van der Waals surface area contributed by atoms with Gasteiger partial charge < -0.3 is 14.6 Å². The van der Waals surface area contributed by atoms with Gasteiger partial charge in [-0.05, 0) is 19.8 Å². The van der Waals surface area contributed by atoms with Gasteiger partial charge in [0.15, 0.2) is 10.3 Å². The van der Waals surface area contributed by atoms with E-state index < -0.39 is 0 Å². The molecule has 0 unspecified atom stereocenters. The maximum Gasteiger partial charge on any atom is 0.311 e. The highest BCUT2D eigenvalue weighted by molar-refractivity contribution is 7.99. The van der Waals surface area contributed by atoms with Crippen molar-refractivity contribution in [3.05, 3.63) is 17.4 Å². The van der Waals surface area contributed by atoms with Gasteiger partial charge in [0.2, 0.25) is 5.91 Å². The topological polar surface area (TPSA) is 99.0 Å². The SMILES string of the molecule is CCOC(=O)Cc1csc(NC(=O)CSc2nncn2C2CC2)n1. The smallest absolute Gasteiger partial charge is 0.311 e. The van der Waals surface area contributed by atoms with Crippen molar-refractivity contribution in [1.82, 2.24) is 19.7 Å². The van der Waals surface area contributed by atoms with Gasteiger partial charge in [0.25, 0.3) is 0 Å². The van der Waals surface area contributed by atoms with Crippen LogP contribution in [-0.2, 0) is 20.7 Å². The number of carbonyl (C=O) groups is 2. The number of anilines is 1. The van der Waals surface area contributed by atoms with Crippen LogP contribution in [0.15, 0.2) is 16.9 Å². The van der Waals surface area contributed by atoms with Crippen LogP contribution in [0.5, 0.6) is 0 Å². The summed E-state index contributed by atoms with van der Waals surface area (Å²) < 4.78 is 6.88. The zero-order valence-corrected chi connectivity index (χ0v) is 14.7. The summed E-state index contributed by atoms with van der Waals surface area (Å²) in [5.74, 6) is -0.254. The van der Waals surface area contributed by atoms with Gasteiger partial charge in [-0.2, -0.15) is 0 Å². The molecule has 1 fully saturated rings. The Morgan fingerprint density at radius 1 is 1.50 bits per heavy atom. The molecule has 0 aliphatic heterocycles. The molecule has 0 atom stereocenters. The van der Waals surface area contributed by atoms with E-state index in [1.165, 1.54) is 23.1 Å². The maximum absolute atomic E-state index is 12.0. The van der Waals surface area contributed by atoms with Crippen LogP contribution in [-0.4, -0.2) is 44.0 Å². The third kappa shape index (κ3) is 4.54. The molecule has 8 nitrogen and oxygen atoms in total. The van der Waals surface area contributed by atoms with E-state index in [4.69, 9.17) is 4.74 Å². The third-order valence-electron chi connectivity index (χ3n) is 3.24. The van der Waals surface area contributed by atoms with Crippen molar-refractivity contribution in [2.75, 3.05) is 17.7 Å². The summed E-state index contributed by atoms with van der Waals surface area (Å²) in [4.78, 5) is 27.6. The summed E-state index contributed by atoms with van der Waals surface area (Å²) in [5, 5.41) is 13.6. The van der Waals surface area contributed by atoms with Crippen LogP contribution >= 0.6 is 23.1 Å². The number of aromatic nitrogens is 4. The highest BCUT2D eigenvalue weighted by Crippen LogP contribution is 2.37. The lowest BCUT2D eigenvalue weighted by Crippen LogP contribution is -2.14. The number of nitrogens with one attached hydrogen (secondary N) is 1. The fourth-order valence-corrected chi connectivity index (χ4v) is 3.54. The molecule has 1 aliphatic carbocycles. The van der Waals surface area contributed by atoms with Crippen LogP contribution in [0.1, 0.15) is 31.5 Å². The Labute approximate surface area is 147 Å². The third-order valence-corrected chi connectivity index (χ3v) is 5.01. The lowest BCUT2D eigenvalue weighted by molar-refractivity contribution is -0.142. The molecule has 0 radical (unpaired) electrons. The first-order valence-electron chi connectivity index (χ1n) is 7.58. The zero-order chi connectivity index (χ0) is 16.9. The Kier molecular flexibility index (Phi) is 5.46. The second-order valence-corrected chi connectivity index (χ2v) is 7.02. The number of nitrogens with zero attached hydrogens (tertiary/aromatic N) is 4. The van der Waals surface area contributed by atoms with Gasteiger partial charge in [0, 0.05) is 11.4 Å². The molecule has 0 bridgehead atoms. The quantitative estimate of drug-likeness (QED) is 0.562. The highest BCUT2D eigenvalue weighted by Gasteiger charge is 2.26. The van der Waals surface area contributed by atoms with Gasteiger partial charge in [0.05, 0.1) is 24.5 Å². The molecule has 2 heterocycles. The van der Waals surface area contributed by atoms with Crippen molar-refractivity contribution in [2.45, 2.75) is 37.4 Å². The summed E-state index contributed by atoms with van der Waals surface area (Å²) in [6.45, 7) is 2.10. The Hall–Kier alpha value is -1.94. The van der Waals surface area contributed by atoms with Gasteiger partial charge in [-0.3, -0.25) is 9.59 Å². The molecule has 1 aliphatic rings. The molecule has 1 saturated carbocycles. The monoisotopic (exact) mass is 367 g/mol. The van der Waals surface area contributed by atoms with Gasteiger partial charge >= 0.3 is 5.97 Å². The van der Waals surface area contributed by atoms with E-state index >= 15 is 0 Å². The van der Waals surface area contributed by atoms with Gasteiger partial charge in [-0.1, -0.05) is 11.8 Å². The van der Waals surface area contributed by atoms with Crippen LogP contribution < -0.4 is 5.32 Å². The van der Waals surface area contributed by atoms with Crippen LogP contribution in [0, 0.1) is 0 Å². The normalized spacial score (nSPS) is 13.7. The fraction of sp³-hybridized carbons (Fsp3) is 0.500. The Morgan fingerprint density at radius 3 is 3.08 bits per heavy atom. The van der Waals surface area contributed by atoms with E-state index in [0.717, 1.165) is 18.0 Å². The number of amides is 1. The standard InChI is InChI=1S/C14H17N5O3S2/c1-2-22-12(21)5-9-6-23-13(16-9)17-11(20)7-24-14-18-15-8-19(14)10-3-4-10/h6,8,10H,2-5,7H2,1H3,(H,16,17,20).